The van der Waals surface area contributed by atoms with Crippen LogP contribution < -0.4 is 5.32 Å². The van der Waals surface area contributed by atoms with E-state index in [9.17, 15) is 19.8 Å². The smallest absolute Gasteiger partial charge is 0.305 e. The summed E-state index contributed by atoms with van der Waals surface area (Å²) in [7, 11) is 0. The summed E-state index contributed by atoms with van der Waals surface area (Å²) in [5, 5.41) is 23.1. The molecule has 0 aromatic heterocycles. The van der Waals surface area contributed by atoms with Gasteiger partial charge in [-0.05, 0) is 32.1 Å². The van der Waals surface area contributed by atoms with Crippen molar-refractivity contribution in [1.82, 2.24) is 5.32 Å². The van der Waals surface area contributed by atoms with E-state index in [0.29, 0.717) is 19.4 Å². The van der Waals surface area contributed by atoms with E-state index < -0.39 is 12.1 Å². The Morgan fingerprint density at radius 3 is 1.11 bits per heavy atom. The fourth-order valence-electron chi connectivity index (χ4n) is 8.58. The quantitative estimate of drug-likeness (QED) is 0.0322. The number of aliphatic hydroxyl groups excluding tert-OH is 2. The lowest BCUT2D eigenvalue weighted by molar-refractivity contribution is -0.143. The second-order valence-electron chi connectivity index (χ2n) is 18.9. The van der Waals surface area contributed by atoms with Gasteiger partial charge in [-0.25, -0.2) is 0 Å². The minimum Gasteiger partial charge on any atom is -0.466 e. The van der Waals surface area contributed by atoms with Crippen molar-refractivity contribution in [3.8, 4) is 0 Å². The highest BCUT2D eigenvalue weighted by Gasteiger charge is 2.18. The maximum absolute atomic E-state index is 12.4. The molecule has 0 spiro atoms. The molecule has 0 radical (unpaired) electrons. The van der Waals surface area contributed by atoms with Crippen molar-refractivity contribution in [2.75, 3.05) is 13.2 Å². The topological polar surface area (TPSA) is 95.9 Å². The summed E-state index contributed by atoms with van der Waals surface area (Å²) in [5.41, 5.74) is 0. The summed E-state index contributed by atoms with van der Waals surface area (Å²) in [4.78, 5) is 24.5. The third-order valence-corrected chi connectivity index (χ3v) is 12.8. The van der Waals surface area contributed by atoms with Crippen LogP contribution in [0.3, 0.4) is 0 Å². The average molecular weight is 862 g/mol. The van der Waals surface area contributed by atoms with E-state index in [2.05, 4.69) is 19.2 Å². The lowest BCUT2D eigenvalue weighted by Crippen LogP contribution is -2.45. The number of amides is 1. The number of aliphatic hydroxyl groups is 2. The molecular weight excluding hydrogens is 755 g/mol. The van der Waals surface area contributed by atoms with Crippen LogP contribution >= 0.6 is 0 Å². The Bertz CT molecular complexity index is 909. The third-order valence-electron chi connectivity index (χ3n) is 12.8. The first kappa shape index (κ1) is 59.6. The van der Waals surface area contributed by atoms with E-state index in [1.165, 1.54) is 218 Å². The largest absolute Gasteiger partial charge is 0.466 e. The minimum absolute atomic E-state index is 0.00652. The second kappa shape index (κ2) is 51.2. The maximum atomic E-state index is 12.4. The summed E-state index contributed by atoms with van der Waals surface area (Å²) >= 11 is 0. The van der Waals surface area contributed by atoms with Crippen molar-refractivity contribution >= 4 is 11.9 Å². The molecule has 0 aliphatic rings. The Balaban J connectivity index is 3.46. The molecule has 6 nitrogen and oxygen atoms in total. The van der Waals surface area contributed by atoms with Gasteiger partial charge < -0.3 is 20.3 Å². The highest BCUT2D eigenvalue weighted by molar-refractivity contribution is 5.76. The molecule has 0 aromatic rings. The molecule has 362 valence electrons. The van der Waals surface area contributed by atoms with Crippen molar-refractivity contribution in [2.45, 2.75) is 315 Å². The zero-order valence-corrected chi connectivity index (χ0v) is 41.2. The van der Waals surface area contributed by atoms with Gasteiger partial charge in [0.2, 0.25) is 5.91 Å². The molecule has 1 amide bonds. The van der Waals surface area contributed by atoms with Gasteiger partial charge in [0, 0.05) is 12.8 Å². The lowest BCUT2D eigenvalue weighted by Gasteiger charge is -2.20. The summed E-state index contributed by atoms with van der Waals surface area (Å²) in [5.74, 6) is -0.0881. The Kier molecular flexibility index (Phi) is 50.1. The van der Waals surface area contributed by atoms with Gasteiger partial charge in [0.25, 0.3) is 0 Å². The number of hydrogen-bond acceptors (Lipinski definition) is 5. The number of allylic oxidation sites excluding steroid dienone is 1. The Morgan fingerprint density at radius 2 is 0.754 bits per heavy atom. The Morgan fingerprint density at radius 1 is 0.443 bits per heavy atom. The summed E-state index contributed by atoms with van der Waals surface area (Å²) in [6.45, 7) is 4.89. The number of rotatable bonds is 51. The van der Waals surface area contributed by atoms with Crippen LogP contribution in [-0.2, 0) is 14.3 Å². The molecule has 61 heavy (non-hydrogen) atoms. The molecule has 0 saturated heterocycles. The van der Waals surface area contributed by atoms with E-state index in [0.717, 1.165) is 57.8 Å². The molecule has 0 heterocycles. The van der Waals surface area contributed by atoms with Crippen LogP contribution in [0.25, 0.3) is 0 Å². The molecule has 2 atom stereocenters. The lowest BCUT2D eigenvalue weighted by atomic mass is 10.0. The SMILES string of the molecule is CCCCCCCCCCCCCCC/C=C/C(O)C(CO)NC(=O)CCCCCCCCCCCCCCOC(=O)CCCCCCCCCCCCCCCCCCC. The standard InChI is InChI=1S/C55H107NO5/c1-3-5-7-9-11-13-15-17-19-20-22-24-29-33-37-41-45-49-55(60)61-50-46-42-38-34-30-26-25-28-32-36-40-44-48-54(59)56-52(51-57)53(58)47-43-39-35-31-27-23-21-18-16-14-12-10-8-6-4-2/h43,47,52-53,57-58H,3-42,44-46,48-51H2,1-2H3,(H,56,59)/b47-43+. The normalized spacial score (nSPS) is 12.7. The zero-order valence-electron chi connectivity index (χ0n) is 41.2. The maximum Gasteiger partial charge on any atom is 0.305 e. The molecule has 0 bridgehead atoms. The number of unbranched alkanes of at least 4 members (excludes halogenated alkanes) is 40. The van der Waals surface area contributed by atoms with E-state index in [4.69, 9.17) is 4.74 Å². The first-order chi connectivity index (χ1) is 30.0. The molecule has 0 fully saturated rings. The highest BCUT2D eigenvalue weighted by atomic mass is 16.5. The summed E-state index contributed by atoms with van der Waals surface area (Å²) in [6, 6.07) is -0.638. The van der Waals surface area contributed by atoms with Gasteiger partial charge in [0.1, 0.15) is 0 Å². The van der Waals surface area contributed by atoms with Crippen molar-refractivity contribution in [3.63, 3.8) is 0 Å². The van der Waals surface area contributed by atoms with Gasteiger partial charge in [0.15, 0.2) is 0 Å². The number of nitrogens with one attached hydrogen (secondary N) is 1. The van der Waals surface area contributed by atoms with Crippen LogP contribution in [0.4, 0.5) is 0 Å². The number of carbonyl (C=O) groups is 2. The number of carbonyl (C=O) groups excluding carboxylic acids is 2. The van der Waals surface area contributed by atoms with Crippen molar-refractivity contribution in [2.24, 2.45) is 0 Å². The minimum atomic E-state index is -0.853. The Labute approximate surface area is 380 Å². The molecule has 0 rings (SSSR count). The third kappa shape index (κ3) is 47.9. The van der Waals surface area contributed by atoms with Gasteiger partial charge in [-0.3, -0.25) is 9.59 Å². The molecule has 3 N–H and O–H groups in total. The van der Waals surface area contributed by atoms with Gasteiger partial charge >= 0.3 is 5.97 Å². The average Bonchev–Trinajstić information content (AvgIpc) is 3.26. The van der Waals surface area contributed by atoms with E-state index in [1.54, 1.807) is 6.08 Å². The number of ether oxygens (including phenoxy) is 1. The molecule has 2 unspecified atom stereocenters. The van der Waals surface area contributed by atoms with Crippen LogP contribution in [-0.4, -0.2) is 47.4 Å². The second-order valence-corrected chi connectivity index (χ2v) is 18.9. The van der Waals surface area contributed by atoms with E-state index in [-0.39, 0.29) is 18.5 Å². The van der Waals surface area contributed by atoms with E-state index in [1.807, 2.05) is 6.08 Å². The molecule has 0 aliphatic heterocycles. The van der Waals surface area contributed by atoms with Crippen molar-refractivity contribution < 1.29 is 24.5 Å². The fourth-order valence-corrected chi connectivity index (χ4v) is 8.58. The predicted octanol–water partition coefficient (Wildman–Crippen LogP) is 16.5. The molecule has 6 heteroatoms. The van der Waals surface area contributed by atoms with Crippen LogP contribution in [0.1, 0.15) is 303 Å². The summed E-state index contributed by atoms with van der Waals surface area (Å²) < 4.78 is 5.48. The fraction of sp³-hybridized carbons (Fsp3) is 0.927. The first-order valence-electron chi connectivity index (χ1n) is 27.5. The molecular formula is C55H107NO5. The number of esters is 1. The van der Waals surface area contributed by atoms with Gasteiger partial charge in [0.05, 0.1) is 25.4 Å². The van der Waals surface area contributed by atoms with Crippen LogP contribution in [0.15, 0.2) is 12.2 Å². The van der Waals surface area contributed by atoms with Gasteiger partial charge in [-0.2, -0.15) is 0 Å². The van der Waals surface area contributed by atoms with Gasteiger partial charge in [-0.1, -0.05) is 270 Å². The Hall–Kier alpha value is -1.40. The van der Waals surface area contributed by atoms with E-state index >= 15 is 0 Å². The van der Waals surface area contributed by atoms with Crippen molar-refractivity contribution in [3.05, 3.63) is 12.2 Å². The number of hydrogen-bond donors (Lipinski definition) is 3. The van der Waals surface area contributed by atoms with Gasteiger partial charge in [-0.15, -0.1) is 0 Å². The molecule has 0 saturated carbocycles. The highest BCUT2D eigenvalue weighted by Crippen LogP contribution is 2.17. The van der Waals surface area contributed by atoms with Crippen molar-refractivity contribution in [1.29, 1.82) is 0 Å². The molecule has 0 aliphatic carbocycles. The molecule has 0 aromatic carbocycles. The van der Waals surface area contributed by atoms with Crippen LogP contribution in [0.2, 0.25) is 0 Å². The predicted molar refractivity (Wildman–Crippen MR) is 264 cm³/mol. The first-order valence-corrected chi connectivity index (χ1v) is 27.5. The monoisotopic (exact) mass is 862 g/mol. The summed E-state index contributed by atoms with van der Waals surface area (Å²) in [6.07, 6.45) is 59.3. The van der Waals surface area contributed by atoms with Crippen LogP contribution in [0.5, 0.6) is 0 Å². The zero-order chi connectivity index (χ0) is 44.4. The van der Waals surface area contributed by atoms with Crippen LogP contribution in [0, 0.1) is 0 Å².